The zero-order chi connectivity index (χ0) is 26.6. The molecular formula is C31H44O6. The van der Waals surface area contributed by atoms with Crippen LogP contribution in [-0.2, 0) is 14.2 Å². The van der Waals surface area contributed by atoms with Gasteiger partial charge < -0.3 is 24.4 Å². The average Bonchev–Trinajstić information content (AvgIpc) is 3.24. The lowest BCUT2D eigenvalue weighted by Gasteiger charge is -2.63. The van der Waals surface area contributed by atoms with Gasteiger partial charge in [0.2, 0.25) is 0 Å². The first kappa shape index (κ1) is 26.9. The molecule has 2 N–H and O–H groups in total. The number of benzene rings is 1. The number of aliphatic hydroxyl groups excluding tert-OH is 1. The highest BCUT2D eigenvalue weighted by molar-refractivity contribution is 5.89. The van der Waals surface area contributed by atoms with Gasteiger partial charge in [0.1, 0.15) is 6.10 Å². The molecule has 0 heterocycles. The van der Waals surface area contributed by atoms with Gasteiger partial charge in [-0.2, -0.15) is 0 Å². The van der Waals surface area contributed by atoms with E-state index in [2.05, 4.69) is 26.8 Å². The van der Waals surface area contributed by atoms with Gasteiger partial charge in [-0.3, -0.25) is 0 Å². The molecule has 0 amide bonds. The molecule has 5 rings (SSSR count). The number of aliphatic hydroxyl groups is 2. The summed E-state index contributed by atoms with van der Waals surface area (Å²) in [5.74, 6) is 1.36. The van der Waals surface area contributed by atoms with E-state index in [0.717, 1.165) is 25.7 Å². The summed E-state index contributed by atoms with van der Waals surface area (Å²) in [6.45, 7) is 6.76. The van der Waals surface area contributed by atoms with Crippen LogP contribution in [0, 0.1) is 40.4 Å². The van der Waals surface area contributed by atoms with Crippen LogP contribution in [-0.4, -0.2) is 54.5 Å². The molecular weight excluding hydrogens is 468 g/mol. The number of ether oxygens (including phenoxy) is 3. The molecule has 1 aromatic carbocycles. The lowest BCUT2D eigenvalue weighted by molar-refractivity contribution is -0.219. The molecule has 3 saturated carbocycles. The van der Waals surface area contributed by atoms with Gasteiger partial charge >= 0.3 is 5.97 Å². The fraction of sp³-hybridized carbons (Fsp3) is 0.710. The maximum Gasteiger partial charge on any atom is 0.338 e. The van der Waals surface area contributed by atoms with Crippen molar-refractivity contribution in [1.29, 1.82) is 0 Å². The van der Waals surface area contributed by atoms with Gasteiger partial charge in [-0.05, 0) is 66.9 Å². The van der Waals surface area contributed by atoms with Gasteiger partial charge in [-0.25, -0.2) is 4.79 Å². The van der Waals surface area contributed by atoms with E-state index >= 15 is 0 Å². The zero-order valence-corrected chi connectivity index (χ0v) is 22.9. The number of hydrogen-bond donors (Lipinski definition) is 2. The van der Waals surface area contributed by atoms with Crippen LogP contribution in [0.15, 0.2) is 42.5 Å². The van der Waals surface area contributed by atoms with Crippen LogP contribution in [0.2, 0.25) is 0 Å². The van der Waals surface area contributed by atoms with Gasteiger partial charge in [0.25, 0.3) is 0 Å². The Balaban J connectivity index is 1.38. The number of carbonyl (C=O) groups excluding carboxylic acids is 1. The summed E-state index contributed by atoms with van der Waals surface area (Å²) in [6, 6.07) is 8.91. The summed E-state index contributed by atoms with van der Waals surface area (Å²) in [5, 5.41) is 23.6. The molecule has 4 aliphatic carbocycles. The molecule has 3 fully saturated rings. The van der Waals surface area contributed by atoms with Crippen LogP contribution in [0.4, 0.5) is 0 Å². The highest BCUT2D eigenvalue weighted by Gasteiger charge is 2.66. The van der Waals surface area contributed by atoms with Crippen molar-refractivity contribution in [1.82, 2.24) is 0 Å². The summed E-state index contributed by atoms with van der Waals surface area (Å²) >= 11 is 0. The molecule has 0 aliphatic heterocycles. The Morgan fingerprint density at radius 3 is 2.43 bits per heavy atom. The second-order valence-electron chi connectivity index (χ2n) is 12.6. The summed E-state index contributed by atoms with van der Waals surface area (Å²) in [4.78, 5) is 12.7. The second kappa shape index (κ2) is 9.78. The van der Waals surface area contributed by atoms with Crippen LogP contribution in [0.5, 0.6) is 0 Å². The first-order valence-corrected chi connectivity index (χ1v) is 14.0. The van der Waals surface area contributed by atoms with Crippen molar-refractivity contribution in [3.63, 3.8) is 0 Å². The lowest BCUT2D eigenvalue weighted by Crippen LogP contribution is -2.66. The summed E-state index contributed by atoms with van der Waals surface area (Å²) < 4.78 is 17.1. The standard InChI is InChI=1S/C31H44O6/c1-19(28(35-4)36-5)23-11-12-24-22-13-16-31(34)18-21(37-27(33)20-9-7-6-8-10-20)17-26(32)30(31,3)25(22)14-15-29(23,24)2/h6-10,13,16,19,21-26,28,32,34H,11-12,14-15,17-18H2,1-5H3/t19?,21?,22-,23+,24-,25-,26?,29+,30-,31?/m0/s1. The molecule has 0 saturated heterocycles. The third-order valence-electron chi connectivity index (χ3n) is 11.2. The van der Waals surface area contributed by atoms with E-state index in [0.29, 0.717) is 42.1 Å². The third kappa shape index (κ3) is 4.10. The lowest BCUT2D eigenvalue weighted by atomic mass is 9.44. The topological polar surface area (TPSA) is 85.2 Å². The van der Waals surface area contributed by atoms with E-state index in [1.165, 1.54) is 0 Å². The highest BCUT2D eigenvalue weighted by atomic mass is 16.7. The van der Waals surface area contributed by atoms with Crippen LogP contribution >= 0.6 is 0 Å². The number of rotatable bonds is 6. The van der Waals surface area contributed by atoms with E-state index in [1.807, 2.05) is 12.1 Å². The number of carbonyl (C=O) groups is 1. The smallest absolute Gasteiger partial charge is 0.338 e. The van der Waals surface area contributed by atoms with E-state index in [4.69, 9.17) is 14.2 Å². The Morgan fingerprint density at radius 1 is 1.05 bits per heavy atom. The molecule has 0 bridgehead atoms. The first-order chi connectivity index (χ1) is 17.6. The monoisotopic (exact) mass is 512 g/mol. The quantitative estimate of drug-likeness (QED) is 0.317. The van der Waals surface area contributed by atoms with E-state index < -0.39 is 29.2 Å². The molecule has 6 heteroatoms. The van der Waals surface area contributed by atoms with Gasteiger partial charge in [-0.15, -0.1) is 0 Å². The molecule has 37 heavy (non-hydrogen) atoms. The van der Waals surface area contributed by atoms with Crippen molar-refractivity contribution in [3.8, 4) is 0 Å². The Labute approximate surface area is 221 Å². The number of hydrogen-bond acceptors (Lipinski definition) is 6. The van der Waals surface area contributed by atoms with Crippen LogP contribution in [0.1, 0.15) is 69.7 Å². The number of esters is 1. The van der Waals surface area contributed by atoms with Crippen molar-refractivity contribution < 1.29 is 29.2 Å². The normalized spacial score (nSPS) is 43.6. The average molecular weight is 513 g/mol. The molecule has 0 radical (unpaired) electrons. The van der Waals surface area contributed by atoms with Crippen LogP contribution in [0.25, 0.3) is 0 Å². The minimum atomic E-state index is -1.22. The number of methoxy groups -OCH3 is 2. The molecule has 0 aromatic heterocycles. The minimum absolute atomic E-state index is 0.166. The Bertz CT molecular complexity index is 1010. The maximum atomic E-state index is 12.7. The Morgan fingerprint density at radius 2 is 1.76 bits per heavy atom. The van der Waals surface area contributed by atoms with E-state index in [-0.39, 0.29) is 17.6 Å². The summed E-state index contributed by atoms with van der Waals surface area (Å²) in [5.41, 5.74) is -1.25. The van der Waals surface area contributed by atoms with Crippen molar-refractivity contribution in [3.05, 3.63) is 48.0 Å². The summed E-state index contributed by atoms with van der Waals surface area (Å²) in [7, 11) is 3.44. The van der Waals surface area contributed by atoms with E-state index in [9.17, 15) is 15.0 Å². The Hall–Kier alpha value is -1.73. The Kier molecular flexibility index (Phi) is 7.10. The van der Waals surface area contributed by atoms with Gasteiger partial charge in [0, 0.05) is 38.4 Å². The van der Waals surface area contributed by atoms with Crippen molar-refractivity contribution in [2.45, 2.75) is 83.4 Å². The van der Waals surface area contributed by atoms with Crippen LogP contribution in [0.3, 0.4) is 0 Å². The molecule has 1 aromatic rings. The molecule has 4 aliphatic rings. The fourth-order valence-electron chi connectivity index (χ4n) is 9.18. The maximum absolute atomic E-state index is 12.7. The van der Waals surface area contributed by atoms with E-state index in [1.54, 1.807) is 38.5 Å². The first-order valence-electron chi connectivity index (χ1n) is 14.0. The molecule has 6 nitrogen and oxygen atoms in total. The largest absolute Gasteiger partial charge is 0.459 e. The van der Waals surface area contributed by atoms with Gasteiger partial charge in [-0.1, -0.05) is 51.1 Å². The van der Waals surface area contributed by atoms with Crippen LogP contribution < -0.4 is 0 Å². The molecule has 4 unspecified atom stereocenters. The van der Waals surface area contributed by atoms with Gasteiger partial charge in [0.05, 0.1) is 17.3 Å². The minimum Gasteiger partial charge on any atom is -0.459 e. The number of fused-ring (bicyclic) bond motifs is 5. The highest BCUT2D eigenvalue weighted by Crippen LogP contribution is 2.67. The third-order valence-corrected chi connectivity index (χ3v) is 11.2. The second-order valence-corrected chi connectivity index (χ2v) is 12.6. The zero-order valence-electron chi connectivity index (χ0n) is 22.9. The summed E-state index contributed by atoms with van der Waals surface area (Å²) in [6.07, 6.45) is 7.63. The van der Waals surface area contributed by atoms with Gasteiger partial charge in [0.15, 0.2) is 6.29 Å². The molecule has 204 valence electrons. The predicted octanol–water partition coefficient (Wildman–Crippen LogP) is 4.99. The molecule has 0 spiro atoms. The SMILES string of the molecule is COC(OC)C(C)[C@H]1CC[C@H]2[C@@H]3C=CC4(O)CC(OC(=O)c5ccccc5)CC(O)[C@]4(C)[C@H]3CC[C@]12C. The van der Waals surface area contributed by atoms with Crippen molar-refractivity contribution in [2.75, 3.05) is 14.2 Å². The predicted molar refractivity (Wildman–Crippen MR) is 141 cm³/mol. The van der Waals surface area contributed by atoms with Crippen molar-refractivity contribution >= 4 is 5.97 Å². The molecule has 10 atom stereocenters. The fourth-order valence-corrected chi connectivity index (χ4v) is 9.18. The van der Waals surface area contributed by atoms with Crippen molar-refractivity contribution in [2.24, 2.45) is 40.4 Å². The number of allylic oxidation sites excluding steroid dienone is 1.